The van der Waals surface area contributed by atoms with Crippen molar-refractivity contribution >= 4 is 5.82 Å². The lowest BCUT2D eigenvalue weighted by Gasteiger charge is -2.14. The van der Waals surface area contributed by atoms with Crippen LogP contribution in [-0.4, -0.2) is 11.3 Å². The number of alkyl halides is 5. The zero-order chi connectivity index (χ0) is 13.2. The highest BCUT2D eigenvalue weighted by atomic mass is 19.4. The molecule has 0 aliphatic carbocycles. The predicted molar refractivity (Wildman–Crippen MR) is 48.2 cm³/mol. The average molecular weight is 257 g/mol. The fraction of sp³-hybridized carbons (Fsp3) is 0.375. The fourth-order valence-electron chi connectivity index (χ4n) is 1.12. The normalized spacial score (nSPS) is 11.9. The summed E-state index contributed by atoms with van der Waals surface area (Å²) in [6.45, 7) is -0.409. The fourth-order valence-corrected chi connectivity index (χ4v) is 1.12. The summed E-state index contributed by atoms with van der Waals surface area (Å²) in [6, 6.07) is 0.469. The second-order valence-corrected chi connectivity index (χ2v) is 2.96. The Balaban J connectivity index is 3.24. The minimum atomic E-state index is -5.02. The number of nitrogen functional groups attached to an aromatic ring is 1. The van der Waals surface area contributed by atoms with E-state index >= 15 is 0 Å². The Labute approximate surface area is 92.4 Å². The number of nitrogens with zero attached hydrogens (tertiary/aromatic N) is 1. The maximum atomic E-state index is 12.3. The van der Waals surface area contributed by atoms with E-state index in [1.165, 1.54) is 0 Å². The molecule has 9 heteroatoms. The monoisotopic (exact) mass is 257 g/mol. The van der Waals surface area contributed by atoms with E-state index in [4.69, 9.17) is 11.5 Å². The van der Waals surface area contributed by atoms with E-state index in [2.05, 4.69) is 9.72 Å². The Kier molecular flexibility index (Phi) is 3.71. The van der Waals surface area contributed by atoms with E-state index in [1.807, 2.05) is 0 Å². The van der Waals surface area contributed by atoms with E-state index in [0.717, 1.165) is 0 Å². The molecular weight excluding hydrogens is 249 g/mol. The lowest BCUT2D eigenvalue weighted by molar-refractivity contribution is -0.274. The van der Waals surface area contributed by atoms with Crippen molar-refractivity contribution in [2.75, 3.05) is 5.73 Å². The molecule has 4 N–H and O–H groups in total. The van der Waals surface area contributed by atoms with E-state index < -0.39 is 36.6 Å². The van der Waals surface area contributed by atoms with Gasteiger partial charge in [-0.1, -0.05) is 0 Å². The Morgan fingerprint density at radius 3 is 2.35 bits per heavy atom. The zero-order valence-electron chi connectivity index (χ0n) is 8.26. The molecule has 0 aliphatic rings. The van der Waals surface area contributed by atoms with Gasteiger partial charge < -0.3 is 16.2 Å². The van der Waals surface area contributed by atoms with Crippen molar-refractivity contribution in [1.29, 1.82) is 0 Å². The highest BCUT2D eigenvalue weighted by Crippen LogP contribution is 2.32. The molecule has 1 aromatic heterocycles. The van der Waals surface area contributed by atoms with Crippen molar-refractivity contribution in [3.05, 3.63) is 17.3 Å². The Hall–Kier alpha value is -1.64. The van der Waals surface area contributed by atoms with Crippen LogP contribution in [0.3, 0.4) is 0 Å². The van der Waals surface area contributed by atoms with Crippen LogP contribution in [0.1, 0.15) is 17.7 Å². The minimum Gasteiger partial charge on any atom is -0.405 e. The molecule has 0 bridgehead atoms. The first-order valence-electron chi connectivity index (χ1n) is 4.28. The number of rotatable bonds is 3. The van der Waals surface area contributed by atoms with Gasteiger partial charge in [-0.25, -0.2) is 13.8 Å². The third-order valence-electron chi connectivity index (χ3n) is 1.79. The Morgan fingerprint density at radius 2 is 1.94 bits per heavy atom. The predicted octanol–water partition coefficient (Wildman–Crippen LogP) is 1.96. The molecule has 17 heavy (non-hydrogen) atoms. The van der Waals surface area contributed by atoms with Gasteiger partial charge in [-0.15, -0.1) is 13.2 Å². The van der Waals surface area contributed by atoms with Gasteiger partial charge in [-0.05, 0) is 0 Å². The second kappa shape index (κ2) is 4.70. The van der Waals surface area contributed by atoms with Gasteiger partial charge >= 0.3 is 6.36 Å². The van der Waals surface area contributed by atoms with Crippen molar-refractivity contribution in [3.8, 4) is 5.75 Å². The van der Waals surface area contributed by atoms with E-state index in [9.17, 15) is 22.0 Å². The first-order valence-corrected chi connectivity index (χ1v) is 4.28. The lowest BCUT2D eigenvalue weighted by Crippen LogP contribution is -2.20. The Bertz CT molecular complexity index is 407. The quantitative estimate of drug-likeness (QED) is 0.812. The molecule has 0 aromatic carbocycles. The second-order valence-electron chi connectivity index (χ2n) is 2.96. The number of nitrogens with two attached hydrogens (primary N) is 2. The molecule has 1 heterocycles. The molecule has 1 aromatic rings. The summed E-state index contributed by atoms with van der Waals surface area (Å²) in [7, 11) is 0. The molecule has 0 radical (unpaired) electrons. The molecule has 0 fully saturated rings. The van der Waals surface area contributed by atoms with Crippen molar-refractivity contribution in [1.82, 2.24) is 4.98 Å². The number of ether oxygens (including phenoxy) is 1. The summed E-state index contributed by atoms with van der Waals surface area (Å²) in [5.41, 5.74) is 9.18. The van der Waals surface area contributed by atoms with Gasteiger partial charge in [0, 0.05) is 12.6 Å². The SMILES string of the molecule is NCc1c(OC(F)(F)F)cc(C(F)F)nc1N. The van der Waals surface area contributed by atoms with Crippen molar-refractivity contribution in [2.45, 2.75) is 19.3 Å². The van der Waals surface area contributed by atoms with Crippen LogP contribution in [0.5, 0.6) is 5.75 Å². The highest BCUT2D eigenvalue weighted by molar-refractivity contribution is 5.50. The van der Waals surface area contributed by atoms with Gasteiger partial charge in [0.15, 0.2) is 0 Å². The number of anilines is 1. The van der Waals surface area contributed by atoms with Crippen molar-refractivity contribution in [3.63, 3.8) is 0 Å². The summed E-state index contributed by atoms with van der Waals surface area (Å²) in [4.78, 5) is 3.23. The summed E-state index contributed by atoms with van der Waals surface area (Å²) in [5, 5.41) is 0. The average Bonchev–Trinajstić information content (AvgIpc) is 2.14. The molecule has 0 spiro atoms. The van der Waals surface area contributed by atoms with Crippen molar-refractivity contribution in [2.24, 2.45) is 5.73 Å². The van der Waals surface area contributed by atoms with Crippen LogP contribution in [0.15, 0.2) is 6.07 Å². The lowest BCUT2D eigenvalue weighted by atomic mass is 10.2. The summed E-state index contributed by atoms with van der Waals surface area (Å²) in [6.07, 6.45) is -8.07. The summed E-state index contributed by atoms with van der Waals surface area (Å²) in [5.74, 6) is -1.37. The highest BCUT2D eigenvalue weighted by Gasteiger charge is 2.33. The van der Waals surface area contributed by atoms with Gasteiger partial charge in [0.25, 0.3) is 6.43 Å². The topological polar surface area (TPSA) is 74.2 Å². The van der Waals surface area contributed by atoms with E-state index in [0.29, 0.717) is 6.07 Å². The maximum absolute atomic E-state index is 12.3. The van der Waals surface area contributed by atoms with Crippen LogP contribution in [-0.2, 0) is 6.54 Å². The number of halogens is 5. The van der Waals surface area contributed by atoms with Gasteiger partial charge in [0.1, 0.15) is 17.3 Å². The number of pyridine rings is 1. The van der Waals surface area contributed by atoms with Gasteiger partial charge in [0.2, 0.25) is 0 Å². The summed E-state index contributed by atoms with van der Waals surface area (Å²) < 4.78 is 64.2. The largest absolute Gasteiger partial charge is 0.573 e. The third-order valence-corrected chi connectivity index (χ3v) is 1.79. The molecular formula is C8H8F5N3O. The van der Waals surface area contributed by atoms with Gasteiger partial charge in [0.05, 0.1) is 5.56 Å². The number of hydrogen-bond acceptors (Lipinski definition) is 4. The van der Waals surface area contributed by atoms with E-state index in [1.54, 1.807) is 0 Å². The standard InChI is InChI=1S/C8H8F5N3O/c9-6(10)4-1-5(17-8(11,12)13)3(2-14)7(15)16-4/h1,6H,2,14H2,(H2,15,16). The smallest absolute Gasteiger partial charge is 0.405 e. The number of hydrogen-bond donors (Lipinski definition) is 2. The first-order chi connectivity index (χ1) is 7.74. The molecule has 1 rings (SSSR count). The van der Waals surface area contributed by atoms with Crippen LogP contribution in [0.4, 0.5) is 27.8 Å². The number of aromatic nitrogens is 1. The molecule has 0 atom stereocenters. The summed E-state index contributed by atoms with van der Waals surface area (Å²) >= 11 is 0. The Morgan fingerprint density at radius 1 is 1.35 bits per heavy atom. The van der Waals surface area contributed by atoms with Crippen LogP contribution < -0.4 is 16.2 Å². The van der Waals surface area contributed by atoms with Gasteiger partial charge in [-0.3, -0.25) is 0 Å². The maximum Gasteiger partial charge on any atom is 0.573 e. The molecule has 96 valence electrons. The molecule has 4 nitrogen and oxygen atoms in total. The molecule has 0 saturated carbocycles. The molecule has 0 amide bonds. The van der Waals surface area contributed by atoms with Gasteiger partial charge in [-0.2, -0.15) is 0 Å². The van der Waals surface area contributed by atoms with Crippen molar-refractivity contribution < 1.29 is 26.7 Å². The molecule has 0 saturated heterocycles. The third kappa shape index (κ3) is 3.41. The minimum absolute atomic E-state index is 0.272. The van der Waals surface area contributed by atoms with E-state index in [-0.39, 0.29) is 5.56 Å². The molecule has 0 unspecified atom stereocenters. The molecule has 0 aliphatic heterocycles. The van der Waals surface area contributed by atoms with Crippen LogP contribution in [0.25, 0.3) is 0 Å². The van der Waals surface area contributed by atoms with Crippen LogP contribution in [0, 0.1) is 0 Å². The van der Waals surface area contributed by atoms with Crippen LogP contribution in [0.2, 0.25) is 0 Å². The van der Waals surface area contributed by atoms with Crippen LogP contribution >= 0.6 is 0 Å². The zero-order valence-corrected chi connectivity index (χ0v) is 8.26. The first kappa shape index (κ1) is 13.4.